The maximum Gasteiger partial charge on any atom is 0.411 e. The van der Waals surface area contributed by atoms with Crippen LogP contribution >= 0.6 is 0 Å². The summed E-state index contributed by atoms with van der Waals surface area (Å²) in [7, 11) is 0. The molecule has 0 saturated carbocycles. The van der Waals surface area contributed by atoms with Gasteiger partial charge in [0.15, 0.2) is 0 Å². The van der Waals surface area contributed by atoms with E-state index in [1.807, 2.05) is 54.6 Å². The summed E-state index contributed by atoms with van der Waals surface area (Å²) in [5, 5.41) is 2.80. The molecule has 0 fully saturated rings. The van der Waals surface area contributed by atoms with E-state index >= 15 is 0 Å². The maximum atomic E-state index is 11.9. The summed E-state index contributed by atoms with van der Waals surface area (Å²) >= 11 is 0. The van der Waals surface area contributed by atoms with E-state index in [1.165, 1.54) is 6.26 Å². The normalized spacial score (nSPS) is 9.91. The Balaban J connectivity index is 1.88. The van der Waals surface area contributed by atoms with Crippen molar-refractivity contribution in [2.24, 2.45) is 0 Å². The summed E-state index contributed by atoms with van der Waals surface area (Å²) in [6.07, 6.45) is 2.54. The number of hydrogen-bond donors (Lipinski definition) is 1. The van der Waals surface area contributed by atoms with Crippen molar-refractivity contribution in [3.8, 4) is 11.1 Å². The summed E-state index contributed by atoms with van der Waals surface area (Å²) in [6.45, 7) is 4.42. The van der Waals surface area contributed by atoms with Crippen molar-refractivity contribution in [3.05, 3.63) is 67.4 Å². The Morgan fingerprint density at radius 1 is 1.00 bits per heavy atom. The van der Waals surface area contributed by atoms with Crippen LogP contribution in [0.1, 0.15) is 12.8 Å². The minimum atomic E-state index is -0.446. The van der Waals surface area contributed by atoms with Gasteiger partial charge >= 0.3 is 6.09 Å². The third kappa shape index (κ3) is 5.51. The van der Waals surface area contributed by atoms with Crippen molar-refractivity contribution in [2.45, 2.75) is 12.8 Å². The number of anilines is 1. The fourth-order valence-corrected chi connectivity index (χ4v) is 2.14. The van der Waals surface area contributed by atoms with E-state index in [0.717, 1.165) is 29.7 Å². The molecule has 0 unspecified atom stereocenters. The van der Waals surface area contributed by atoms with Gasteiger partial charge in [0.25, 0.3) is 0 Å². The summed E-state index contributed by atoms with van der Waals surface area (Å²) in [5.41, 5.74) is 2.74. The summed E-state index contributed by atoms with van der Waals surface area (Å²) in [4.78, 5) is 11.9. The number of unbranched alkanes of at least 4 members (excludes halogenated alkanes) is 1. The van der Waals surface area contributed by atoms with Gasteiger partial charge in [-0.25, -0.2) is 4.79 Å². The molecule has 23 heavy (non-hydrogen) atoms. The van der Waals surface area contributed by atoms with Gasteiger partial charge in [-0.2, -0.15) is 0 Å². The van der Waals surface area contributed by atoms with Crippen LogP contribution in [0.4, 0.5) is 10.5 Å². The molecule has 1 amide bonds. The van der Waals surface area contributed by atoms with Gasteiger partial charge in [0.1, 0.15) is 0 Å². The van der Waals surface area contributed by atoms with Crippen LogP contribution in [0.25, 0.3) is 11.1 Å². The molecule has 2 aromatic rings. The van der Waals surface area contributed by atoms with Crippen molar-refractivity contribution in [1.82, 2.24) is 0 Å². The smallest absolute Gasteiger partial charge is 0.411 e. The molecule has 4 heteroatoms. The lowest BCUT2D eigenvalue weighted by atomic mass is 10.0. The van der Waals surface area contributed by atoms with E-state index in [9.17, 15) is 4.79 Å². The first kappa shape index (κ1) is 16.6. The molecule has 0 aliphatic heterocycles. The van der Waals surface area contributed by atoms with E-state index in [-0.39, 0.29) is 0 Å². The molecule has 0 aliphatic rings. The second kappa shape index (κ2) is 9.30. The first-order chi connectivity index (χ1) is 11.3. The molecular formula is C19H21NO3. The summed E-state index contributed by atoms with van der Waals surface area (Å²) in [5.74, 6) is 0. The number of nitrogens with one attached hydrogen (secondary N) is 1. The van der Waals surface area contributed by atoms with Gasteiger partial charge in [0.05, 0.1) is 25.2 Å². The fourth-order valence-electron chi connectivity index (χ4n) is 2.14. The topological polar surface area (TPSA) is 47.6 Å². The lowest BCUT2D eigenvalue weighted by Crippen LogP contribution is -2.15. The van der Waals surface area contributed by atoms with Crippen LogP contribution in [0, 0.1) is 0 Å². The number of amides is 1. The minimum absolute atomic E-state index is 0.361. The highest BCUT2D eigenvalue weighted by Gasteiger charge is 2.08. The first-order valence-corrected chi connectivity index (χ1v) is 7.62. The van der Waals surface area contributed by atoms with E-state index in [4.69, 9.17) is 9.47 Å². The van der Waals surface area contributed by atoms with Crippen LogP contribution in [0.3, 0.4) is 0 Å². The first-order valence-electron chi connectivity index (χ1n) is 7.62. The Hall–Kier alpha value is -2.75. The van der Waals surface area contributed by atoms with Crippen LogP contribution in [0.5, 0.6) is 0 Å². The molecule has 120 valence electrons. The predicted octanol–water partition coefficient (Wildman–Crippen LogP) is 4.84. The second-order valence-electron chi connectivity index (χ2n) is 4.92. The molecule has 0 saturated heterocycles. The van der Waals surface area contributed by atoms with Crippen LogP contribution in [-0.2, 0) is 9.47 Å². The van der Waals surface area contributed by atoms with E-state index in [0.29, 0.717) is 13.2 Å². The van der Waals surface area contributed by atoms with Gasteiger partial charge in [0.2, 0.25) is 0 Å². The molecule has 0 spiro atoms. The molecular weight excluding hydrogens is 290 g/mol. The average molecular weight is 311 g/mol. The molecule has 0 heterocycles. The highest BCUT2D eigenvalue weighted by atomic mass is 16.5. The van der Waals surface area contributed by atoms with Crippen molar-refractivity contribution >= 4 is 11.8 Å². The molecule has 2 aromatic carbocycles. The summed E-state index contributed by atoms with van der Waals surface area (Å²) in [6, 6.07) is 17.6. The number of carbonyl (C=O) groups excluding carboxylic acids is 1. The van der Waals surface area contributed by atoms with Crippen LogP contribution < -0.4 is 5.32 Å². The van der Waals surface area contributed by atoms with E-state index < -0.39 is 6.09 Å². The number of rotatable bonds is 8. The number of benzene rings is 2. The van der Waals surface area contributed by atoms with Gasteiger partial charge in [0, 0.05) is 5.56 Å². The molecule has 4 nitrogen and oxygen atoms in total. The van der Waals surface area contributed by atoms with Crippen molar-refractivity contribution in [2.75, 3.05) is 18.5 Å². The fraction of sp³-hybridized carbons (Fsp3) is 0.211. The summed E-state index contributed by atoms with van der Waals surface area (Å²) < 4.78 is 10.2. The molecule has 0 radical (unpaired) electrons. The quantitative estimate of drug-likeness (QED) is 0.560. The lowest BCUT2D eigenvalue weighted by molar-refractivity contribution is 0.154. The van der Waals surface area contributed by atoms with Gasteiger partial charge < -0.3 is 9.47 Å². The van der Waals surface area contributed by atoms with Gasteiger partial charge in [-0.1, -0.05) is 55.1 Å². The molecule has 0 aromatic heterocycles. The highest BCUT2D eigenvalue weighted by Crippen LogP contribution is 2.27. The second-order valence-corrected chi connectivity index (χ2v) is 4.92. The van der Waals surface area contributed by atoms with E-state index in [1.54, 1.807) is 0 Å². The zero-order valence-electron chi connectivity index (χ0n) is 13.0. The molecule has 0 aliphatic carbocycles. The Morgan fingerprint density at radius 3 is 2.48 bits per heavy atom. The van der Waals surface area contributed by atoms with Crippen molar-refractivity contribution < 1.29 is 14.3 Å². The SMILES string of the molecule is C=COCCCCOC(=O)Nc1ccccc1-c1ccccc1. The molecule has 0 atom stereocenters. The van der Waals surface area contributed by atoms with Crippen LogP contribution in [-0.4, -0.2) is 19.3 Å². The van der Waals surface area contributed by atoms with Crippen molar-refractivity contribution in [1.29, 1.82) is 0 Å². The largest absolute Gasteiger partial charge is 0.502 e. The molecule has 0 bridgehead atoms. The number of carbonyl (C=O) groups is 1. The van der Waals surface area contributed by atoms with Gasteiger partial charge in [-0.05, 0) is 24.5 Å². The third-order valence-corrected chi connectivity index (χ3v) is 3.26. The predicted molar refractivity (Wildman–Crippen MR) is 92.2 cm³/mol. The Morgan fingerprint density at radius 2 is 1.70 bits per heavy atom. The van der Waals surface area contributed by atoms with Gasteiger partial charge in [-0.3, -0.25) is 5.32 Å². The highest BCUT2D eigenvalue weighted by molar-refractivity contribution is 5.91. The zero-order chi connectivity index (χ0) is 16.3. The Labute approximate surface area is 136 Å². The third-order valence-electron chi connectivity index (χ3n) is 3.26. The molecule has 2 rings (SSSR count). The maximum absolute atomic E-state index is 11.9. The number of ether oxygens (including phenoxy) is 2. The number of hydrogen-bond acceptors (Lipinski definition) is 3. The standard InChI is InChI=1S/C19H21NO3/c1-2-22-14-8-9-15-23-19(21)20-18-13-7-6-12-17(18)16-10-4-3-5-11-16/h2-7,10-13H,1,8-9,14-15H2,(H,20,21). The Kier molecular flexibility index (Phi) is 6.72. The Bertz CT molecular complexity index is 626. The number of para-hydroxylation sites is 1. The zero-order valence-corrected chi connectivity index (χ0v) is 13.0. The molecule has 1 N–H and O–H groups in total. The monoisotopic (exact) mass is 311 g/mol. The minimum Gasteiger partial charge on any atom is -0.502 e. The van der Waals surface area contributed by atoms with E-state index in [2.05, 4.69) is 11.9 Å². The van der Waals surface area contributed by atoms with Crippen molar-refractivity contribution in [3.63, 3.8) is 0 Å². The van der Waals surface area contributed by atoms with Crippen LogP contribution in [0.15, 0.2) is 67.4 Å². The van der Waals surface area contributed by atoms with Crippen LogP contribution in [0.2, 0.25) is 0 Å². The van der Waals surface area contributed by atoms with Gasteiger partial charge in [-0.15, -0.1) is 0 Å². The average Bonchev–Trinajstić information content (AvgIpc) is 2.59. The lowest BCUT2D eigenvalue weighted by Gasteiger charge is -2.11.